The molecule has 5 heteroatoms. The van der Waals surface area contributed by atoms with Gasteiger partial charge in [-0.15, -0.1) is 0 Å². The molecule has 2 rings (SSSR count). The van der Waals surface area contributed by atoms with Crippen LogP contribution in [0.25, 0.3) is 0 Å². The second-order valence-corrected chi connectivity index (χ2v) is 4.18. The number of nitrogens with zero attached hydrogens (tertiary/aromatic N) is 1. The maximum atomic E-state index is 13.1. The standard InChI is InChI=1S/C14H10ClFN2O/c1-19-11-4-2-9(8-17)14(7-11)18-10-3-5-13(16)12(15)6-10/h2-7,18H,1H3. The summed E-state index contributed by atoms with van der Waals surface area (Å²) in [6.07, 6.45) is 0. The van der Waals surface area contributed by atoms with Gasteiger partial charge in [-0.25, -0.2) is 4.39 Å². The Hall–Kier alpha value is -2.25. The predicted octanol–water partition coefficient (Wildman–Crippen LogP) is 4.10. The molecule has 0 aliphatic rings. The monoisotopic (exact) mass is 276 g/mol. The zero-order valence-electron chi connectivity index (χ0n) is 10.1. The molecule has 0 amide bonds. The average Bonchev–Trinajstić information content (AvgIpc) is 2.43. The molecule has 0 aliphatic carbocycles. The quantitative estimate of drug-likeness (QED) is 0.918. The van der Waals surface area contributed by atoms with E-state index in [2.05, 4.69) is 11.4 Å². The third-order valence-corrected chi connectivity index (χ3v) is 2.84. The van der Waals surface area contributed by atoms with Gasteiger partial charge >= 0.3 is 0 Å². The van der Waals surface area contributed by atoms with Crippen molar-refractivity contribution in [2.45, 2.75) is 0 Å². The molecule has 0 fully saturated rings. The molecule has 0 aromatic heterocycles. The van der Waals surface area contributed by atoms with Gasteiger partial charge in [0, 0.05) is 11.8 Å². The lowest BCUT2D eigenvalue weighted by Gasteiger charge is -2.10. The fourth-order valence-electron chi connectivity index (χ4n) is 1.58. The summed E-state index contributed by atoms with van der Waals surface area (Å²) in [5.74, 6) is 0.132. The van der Waals surface area contributed by atoms with Crippen LogP contribution in [0.1, 0.15) is 5.56 Å². The number of ether oxygens (including phenoxy) is 1. The predicted molar refractivity (Wildman–Crippen MR) is 72.4 cm³/mol. The molecule has 0 heterocycles. The van der Waals surface area contributed by atoms with Gasteiger partial charge in [-0.3, -0.25) is 0 Å². The summed E-state index contributed by atoms with van der Waals surface area (Å²) in [6, 6.07) is 11.4. The molecule has 0 atom stereocenters. The largest absolute Gasteiger partial charge is 0.497 e. The third-order valence-electron chi connectivity index (χ3n) is 2.55. The number of benzene rings is 2. The highest BCUT2D eigenvalue weighted by molar-refractivity contribution is 6.31. The van der Waals surface area contributed by atoms with Crippen molar-refractivity contribution in [1.29, 1.82) is 5.26 Å². The molecule has 0 spiro atoms. The molecule has 0 bridgehead atoms. The van der Waals surface area contributed by atoms with Crippen LogP contribution in [0.15, 0.2) is 36.4 Å². The highest BCUT2D eigenvalue weighted by Gasteiger charge is 2.06. The number of anilines is 2. The SMILES string of the molecule is COc1ccc(C#N)c(Nc2ccc(F)c(Cl)c2)c1. The van der Waals surface area contributed by atoms with Gasteiger partial charge in [0.15, 0.2) is 0 Å². The van der Waals surface area contributed by atoms with Crippen LogP contribution in [-0.2, 0) is 0 Å². The third kappa shape index (κ3) is 2.95. The fraction of sp³-hybridized carbons (Fsp3) is 0.0714. The summed E-state index contributed by atoms with van der Waals surface area (Å²) in [7, 11) is 1.54. The van der Waals surface area contributed by atoms with Crippen molar-refractivity contribution in [3.8, 4) is 11.8 Å². The summed E-state index contributed by atoms with van der Waals surface area (Å²) in [6.45, 7) is 0. The highest BCUT2D eigenvalue weighted by atomic mass is 35.5. The van der Waals surface area contributed by atoms with Gasteiger partial charge in [0.2, 0.25) is 0 Å². The number of hydrogen-bond donors (Lipinski definition) is 1. The Morgan fingerprint density at radius 3 is 2.68 bits per heavy atom. The number of methoxy groups -OCH3 is 1. The van der Waals surface area contributed by atoms with Crippen LogP contribution in [0.2, 0.25) is 5.02 Å². The van der Waals surface area contributed by atoms with E-state index in [0.29, 0.717) is 22.7 Å². The van der Waals surface area contributed by atoms with Crippen molar-refractivity contribution in [1.82, 2.24) is 0 Å². The minimum Gasteiger partial charge on any atom is -0.497 e. The number of rotatable bonds is 3. The van der Waals surface area contributed by atoms with E-state index < -0.39 is 5.82 Å². The van der Waals surface area contributed by atoms with Crippen LogP contribution in [0, 0.1) is 17.1 Å². The fourth-order valence-corrected chi connectivity index (χ4v) is 1.76. The van der Waals surface area contributed by atoms with Crippen molar-refractivity contribution < 1.29 is 9.13 Å². The molecule has 19 heavy (non-hydrogen) atoms. The molecule has 2 aromatic rings. The first-order chi connectivity index (χ1) is 9.13. The zero-order chi connectivity index (χ0) is 13.8. The van der Waals surface area contributed by atoms with Crippen molar-refractivity contribution >= 4 is 23.0 Å². The molecule has 0 saturated heterocycles. The van der Waals surface area contributed by atoms with Gasteiger partial charge in [0.25, 0.3) is 0 Å². The van der Waals surface area contributed by atoms with Gasteiger partial charge in [-0.05, 0) is 30.3 Å². The van der Waals surface area contributed by atoms with E-state index in [1.54, 1.807) is 31.4 Å². The van der Waals surface area contributed by atoms with Crippen LogP contribution in [0.5, 0.6) is 5.75 Å². The normalized spacial score (nSPS) is 9.79. The van der Waals surface area contributed by atoms with Crippen molar-refractivity contribution in [3.05, 3.63) is 52.8 Å². The lowest BCUT2D eigenvalue weighted by Crippen LogP contribution is -1.95. The summed E-state index contributed by atoms with van der Waals surface area (Å²) in [5, 5.41) is 12.1. The second-order valence-electron chi connectivity index (χ2n) is 3.78. The molecule has 2 aromatic carbocycles. The molecule has 0 saturated carbocycles. The Morgan fingerprint density at radius 2 is 2.05 bits per heavy atom. The smallest absolute Gasteiger partial charge is 0.141 e. The summed E-state index contributed by atoms with van der Waals surface area (Å²) in [5.41, 5.74) is 1.63. The van der Waals surface area contributed by atoms with Gasteiger partial charge < -0.3 is 10.1 Å². The summed E-state index contributed by atoms with van der Waals surface area (Å²) in [4.78, 5) is 0. The lowest BCUT2D eigenvalue weighted by atomic mass is 10.1. The first kappa shape index (κ1) is 13.2. The molecular weight excluding hydrogens is 267 g/mol. The second kappa shape index (κ2) is 5.59. The van der Waals surface area contributed by atoms with Crippen molar-refractivity contribution in [2.75, 3.05) is 12.4 Å². The van der Waals surface area contributed by atoms with Gasteiger partial charge in [0.05, 0.1) is 23.4 Å². The number of halogens is 2. The van der Waals surface area contributed by atoms with E-state index in [-0.39, 0.29) is 5.02 Å². The first-order valence-electron chi connectivity index (χ1n) is 5.44. The molecule has 1 N–H and O–H groups in total. The average molecular weight is 277 g/mol. The van der Waals surface area contributed by atoms with E-state index in [9.17, 15) is 4.39 Å². The van der Waals surface area contributed by atoms with E-state index in [4.69, 9.17) is 21.6 Å². The van der Waals surface area contributed by atoms with E-state index >= 15 is 0 Å². The molecule has 0 aliphatic heterocycles. The number of nitriles is 1. The van der Waals surface area contributed by atoms with Gasteiger partial charge in [-0.1, -0.05) is 11.6 Å². The Morgan fingerprint density at radius 1 is 1.26 bits per heavy atom. The number of nitrogens with one attached hydrogen (secondary N) is 1. The maximum absolute atomic E-state index is 13.1. The van der Waals surface area contributed by atoms with Crippen molar-refractivity contribution in [2.24, 2.45) is 0 Å². The Bertz CT molecular complexity index is 652. The van der Waals surface area contributed by atoms with Crippen LogP contribution in [0.4, 0.5) is 15.8 Å². The van der Waals surface area contributed by atoms with Crippen LogP contribution in [0.3, 0.4) is 0 Å². The van der Waals surface area contributed by atoms with Crippen LogP contribution in [-0.4, -0.2) is 7.11 Å². The van der Waals surface area contributed by atoms with Gasteiger partial charge in [-0.2, -0.15) is 5.26 Å². The van der Waals surface area contributed by atoms with E-state index in [1.807, 2.05) is 0 Å². The molecule has 0 unspecified atom stereocenters. The number of hydrogen-bond acceptors (Lipinski definition) is 3. The molecule has 0 radical (unpaired) electrons. The maximum Gasteiger partial charge on any atom is 0.141 e. The molecule has 96 valence electrons. The summed E-state index contributed by atoms with van der Waals surface area (Å²) < 4.78 is 18.2. The summed E-state index contributed by atoms with van der Waals surface area (Å²) >= 11 is 5.71. The molecule has 3 nitrogen and oxygen atoms in total. The first-order valence-corrected chi connectivity index (χ1v) is 5.82. The van der Waals surface area contributed by atoms with E-state index in [1.165, 1.54) is 12.1 Å². The Labute approximate surface area is 115 Å². The highest BCUT2D eigenvalue weighted by Crippen LogP contribution is 2.27. The lowest BCUT2D eigenvalue weighted by molar-refractivity contribution is 0.415. The topological polar surface area (TPSA) is 45.0 Å². The minimum atomic E-state index is -0.488. The van der Waals surface area contributed by atoms with Crippen LogP contribution >= 0.6 is 11.6 Å². The van der Waals surface area contributed by atoms with Crippen molar-refractivity contribution in [3.63, 3.8) is 0 Å². The zero-order valence-corrected chi connectivity index (χ0v) is 10.8. The molecular formula is C14H10ClFN2O. The van der Waals surface area contributed by atoms with Crippen LogP contribution < -0.4 is 10.1 Å². The Balaban J connectivity index is 2.36. The van der Waals surface area contributed by atoms with Gasteiger partial charge in [0.1, 0.15) is 17.6 Å². The van der Waals surface area contributed by atoms with E-state index in [0.717, 1.165) is 0 Å². The Kier molecular flexibility index (Phi) is 3.88. The minimum absolute atomic E-state index is 0.0198.